The van der Waals surface area contributed by atoms with Gasteiger partial charge in [0.15, 0.2) is 0 Å². The fourth-order valence-electron chi connectivity index (χ4n) is 2.65. The maximum Gasteiger partial charge on any atom is 0.268 e. The number of nitrogens with one attached hydrogen (secondary N) is 1. The second-order valence-corrected chi connectivity index (χ2v) is 5.62. The summed E-state index contributed by atoms with van der Waals surface area (Å²) >= 11 is 0. The van der Waals surface area contributed by atoms with E-state index in [9.17, 15) is 19.7 Å². The van der Waals surface area contributed by atoms with Gasteiger partial charge >= 0.3 is 0 Å². The quantitative estimate of drug-likeness (QED) is 0.742. The first-order valence-electron chi connectivity index (χ1n) is 7.87. The maximum atomic E-state index is 13.7. The Kier molecular flexibility index (Phi) is 4.87. The van der Waals surface area contributed by atoms with E-state index in [2.05, 4.69) is 4.98 Å². The van der Waals surface area contributed by atoms with Gasteiger partial charge in [0.2, 0.25) is 0 Å². The number of rotatable bonds is 4. The van der Waals surface area contributed by atoms with Crippen LogP contribution in [0.2, 0.25) is 0 Å². The van der Waals surface area contributed by atoms with Crippen LogP contribution in [0.25, 0.3) is 11.1 Å². The molecular weight excluding hydrogens is 347 g/mol. The molecule has 3 aromatic rings. The fourth-order valence-corrected chi connectivity index (χ4v) is 2.65. The Morgan fingerprint density at radius 2 is 1.81 bits per heavy atom. The molecule has 6 nitrogen and oxygen atoms in total. The number of hydrogen-bond donors (Lipinski definition) is 2. The minimum absolute atomic E-state index is 0.00240. The highest BCUT2D eigenvalue weighted by Gasteiger charge is 2.18. The van der Waals surface area contributed by atoms with Crippen LogP contribution in [0.1, 0.15) is 16.7 Å². The van der Waals surface area contributed by atoms with Gasteiger partial charge in [-0.2, -0.15) is 10.5 Å². The van der Waals surface area contributed by atoms with Gasteiger partial charge in [0, 0.05) is 11.1 Å². The molecule has 27 heavy (non-hydrogen) atoms. The summed E-state index contributed by atoms with van der Waals surface area (Å²) in [5, 5.41) is 18.7. The molecule has 0 radical (unpaired) electrons. The molecule has 0 amide bonds. The lowest BCUT2D eigenvalue weighted by atomic mass is 9.96. The lowest BCUT2D eigenvalue weighted by Gasteiger charge is -2.11. The van der Waals surface area contributed by atoms with Gasteiger partial charge in [0.1, 0.15) is 47.3 Å². The number of ether oxygens (including phenoxy) is 1. The Hall–Kier alpha value is -4.10. The van der Waals surface area contributed by atoms with Crippen molar-refractivity contribution in [1.82, 2.24) is 4.98 Å². The molecule has 132 valence electrons. The van der Waals surface area contributed by atoms with Crippen LogP contribution in [0.5, 0.6) is 5.75 Å². The van der Waals surface area contributed by atoms with E-state index >= 15 is 0 Å². The smallest absolute Gasteiger partial charge is 0.268 e. The number of H-pyrrole nitrogens is 1. The van der Waals surface area contributed by atoms with Crippen molar-refractivity contribution in [1.29, 1.82) is 10.5 Å². The highest BCUT2D eigenvalue weighted by atomic mass is 19.1. The van der Waals surface area contributed by atoms with E-state index in [0.717, 1.165) is 0 Å². The minimum Gasteiger partial charge on any atom is -0.489 e. The Morgan fingerprint density at radius 1 is 1.07 bits per heavy atom. The van der Waals surface area contributed by atoms with Crippen LogP contribution in [0.3, 0.4) is 0 Å². The monoisotopic (exact) mass is 360 g/mol. The molecule has 0 aliphatic heterocycles. The van der Waals surface area contributed by atoms with Crippen molar-refractivity contribution in [2.24, 2.45) is 0 Å². The lowest BCUT2D eigenvalue weighted by Crippen LogP contribution is -2.16. The summed E-state index contributed by atoms with van der Waals surface area (Å²) in [7, 11) is 0. The van der Waals surface area contributed by atoms with Gasteiger partial charge in [-0.15, -0.1) is 0 Å². The van der Waals surface area contributed by atoms with Crippen LogP contribution in [0.15, 0.2) is 53.3 Å². The highest BCUT2D eigenvalue weighted by Crippen LogP contribution is 2.30. The van der Waals surface area contributed by atoms with Gasteiger partial charge in [0.05, 0.1) is 0 Å². The summed E-state index contributed by atoms with van der Waals surface area (Å²) in [6, 6.07) is 16.5. The first-order chi connectivity index (χ1) is 13.0. The summed E-state index contributed by atoms with van der Waals surface area (Å²) < 4.78 is 19.3. The molecule has 1 aromatic heterocycles. The van der Waals surface area contributed by atoms with Crippen LogP contribution in [0, 0.1) is 28.5 Å². The standard InChI is InChI=1S/C20H13FN4O2/c21-17-7-2-1-4-13(17)11-27-14-6-3-5-12(8-14)18-15(9-22)19(24)25-20(26)16(18)10-23/h1-8H,11H2,(H3,24,25,26). The molecule has 0 atom stereocenters. The van der Waals surface area contributed by atoms with Crippen molar-refractivity contribution in [3.8, 4) is 29.0 Å². The van der Waals surface area contributed by atoms with Crippen molar-refractivity contribution >= 4 is 5.82 Å². The number of anilines is 1. The summed E-state index contributed by atoms with van der Waals surface area (Å²) in [4.78, 5) is 14.3. The fraction of sp³-hybridized carbons (Fsp3) is 0.0500. The minimum atomic E-state index is -0.679. The van der Waals surface area contributed by atoms with Crippen molar-refractivity contribution in [2.75, 3.05) is 5.73 Å². The SMILES string of the molecule is N#Cc1c(N)[nH]c(=O)c(C#N)c1-c1cccc(OCc2ccccc2F)c1. The molecule has 0 aliphatic rings. The summed E-state index contributed by atoms with van der Waals surface area (Å²) in [5.41, 5.74) is 5.77. The summed E-state index contributed by atoms with van der Waals surface area (Å²) in [6.45, 7) is 0.00382. The molecule has 1 heterocycles. The maximum absolute atomic E-state index is 13.7. The van der Waals surface area contributed by atoms with E-state index < -0.39 is 5.56 Å². The van der Waals surface area contributed by atoms with E-state index in [1.54, 1.807) is 42.5 Å². The number of nitrogens with zero attached hydrogens (tertiary/aromatic N) is 2. The average molecular weight is 360 g/mol. The Bertz CT molecular complexity index is 1160. The number of hydrogen-bond acceptors (Lipinski definition) is 5. The number of halogens is 1. The van der Waals surface area contributed by atoms with Gasteiger partial charge in [-0.25, -0.2) is 4.39 Å². The lowest BCUT2D eigenvalue weighted by molar-refractivity contribution is 0.300. The number of aromatic nitrogens is 1. The molecule has 0 fully saturated rings. The first kappa shape index (κ1) is 17.7. The van der Waals surface area contributed by atoms with Crippen molar-refractivity contribution < 1.29 is 9.13 Å². The Balaban J connectivity index is 2.02. The number of nitriles is 2. The molecular formula is C20H13FN4O2. The van der Waals surface area contributed by atoms with E-state index in [4.69, 9.17) is 10.5 Å². The molecule has 0 spiro atoms. The molecule has 3 rings (SSSR count). The summed E-state index contributed by atoms with van der Waals surface area (Å²) in [6.07, 6.45) is 0. The third-order valence-corrected chi connectivity index (χ3v) is 3.94. The zero-order valence-electron chi connectivity index (χ0n) is 14.0. The number of nitrogens with two attached hydrogens (primary N) is 1. The van der Waals surface area contributed by atoms with E-state index in [1.807, 2.05) is 12.1 Å². The zero-order chi connectivity index (χ0) is 19.4. The average Bonchev–Trinajstić information content (AvgIpc) is 2.67. The van der Waals surface area contributed by atoms with Crippen LogP contribution in [0.4, 0.5) is 10.2 Å². The molecule has 7 heteroatoms. The van der Waals surface area contributed by atoms with Gasteiger partial charge in [-0.3, -0.25) is 4.79 Å². The van der Waals surface area contributed by atoms with E-state index in [0.29, 0.717) is 16.9 Å². The van der Waals surface area contributed by atoms with Crippen LogP contribution in [-0.4, -0.2) is 4.98 Å². The van der Waals surface area contributed by atoms with E-state index in [-0.39, 0.29) is 34.9 Å². The van der Waals surface area contributed by atoms with Crippen molar-refractivity contribution in [3.63, 3.8) is 0 Å². The zero-order valence-corrected chi connectivity index (χ0v) is 14.0. The summed E-state index contributed by atoms with van der Waals surface area (Å²) in [5.74, 6) is -0.105. The van der Waals surface area contributed by atoms with Gasteiger partial charge in [0.25, 0.3) is 5.56 Å². The largest absolute Gasteiger partial charge is 0.489 e. The molecule has 0 saturated heterocycles. The normalized spacial score (nSPS) is 10.0. The molecule has 0 saturated carbocycles. The van der Waals surface area contributed by atoms with Crippen molar-refractivity contribution in [2.45, 2.75) is 6.61 Å². The van der Waals surface area contributed by atoms with Crippen LogP contribution >= 0.6 is 0 Å². The third-order valence-electron chi connectivity index (χ3n) is 3.94. The Morgan fingerprint density at radius 3 is 2.52 bits per heavy atom. The second kappa shape index (κ2) is 7.42. The predicted octanol–water partition coefficient (Wildman–Crippen LogP) is 3.09. The molecule has 0 bridgehead atoms. The number of benzene rings is 2. The predicted molar refractivity (Wildman–Crippen MR) is 97.1 cm³/mol. The van der Waals surface area contributed by atoms with Crippen LogP contribution in [-0.2, 0) is 6.61 Å². The molecule has 3 N–H and O–H groups in total. The molecule has 0 aliphatic carbocycles. The third kappa shape index (κ3) is 3.48. The van der Waals surface area contributed by atoms with Crippen molar-refractivity contribution in [3.05, 3.63) is 81.4 Å². The highest BCUT2D eigenvalue weighted by molar-refractivity contribution is 5.80. The van der Waals surface area contributed by atoms with Gasteiger partial charge in [-0.1, -0.05) is 30.3 Å². The van der Waals surface area contributed by atoms with Gasteiger partial charge < -0.3 is 15.5 Å². The van der Waals surface area contributed by atoms with E-state index in [1.165, 1.54) is 6.07 Å². The number of pyridine rings is 1. The number of nitrogen functional groups attached to an aromatic ring is 1. The first-order valence-corrected chi connectivity index (χ1v) is 7.87. The Labute approximate surface area is 153 Å². The number of aromatic amines is 1. The molecule has 2 aromatic carbocycles. The molecule has 0 unspecified atom stereocenters. The second-order valence-electron chi connectivity index (χ2n) is 5.62. The van der Waals surface area contributed by atoms with Crippen LogP contribution < -0.4 is 16.0 Å². The topological polar surface area (TPSA) is 116 Å². The van der Waals surface area contributed by atoms with Gasteiger partial charge in [-0.05, 0) is 23.8 Å².